The van der Waals surface area contributed by atoms with Crippen LogP contribution in [-0.4, -0.2) is 35.3 Å². The maximum absolute atomic E-state index is 13.4. The minimum Gasteiger partial charge on any atom is -0.346 e. The zero-order chi connectivity index (χ0) is 19.2. The average molecular weight is 363 g/mol. The van der Waals surface area contributed by atoms with Crippen molar-refractivity contribution in [2.24, 2.45) is 0 Å². The Balaban J connectivity index is 1.75. The van der Waals surface area contributed by atoms with Gasteiger partial charge in [-0.3, -0.25) is 19.3 Å². The molecule has 1 N–H and O–H groups in total. The maximum atomic E-state index is 13.4. The lowest BCUT2D eigenvalue weighted by atomic mass is 9.95. The van der Waals surface area contributed by atoms with Gasteiger partial charge in [0.2, 0.25) is 11.6 Å². The normalized spacial score (nSPS) is 22.3. The Morgan fingerprint density at radius 3 is 2.48 bits per heavy atom. The lowest BCUT2D eigenvalue weighted by molar-refractivity contribution is -0.133. The van der Waals surface area contributed by atoms with Crippen LogP contribution in [0, 0.1) is 0 Å². The van der Waals surface area contributed by atoms with Crippen LogP contribution in [0.1, 0.15) is 41.7 Å². The van der Waals surface area contributed by atoms with Crippen LogP contribution in [0.15, 0.2) is 54.6 Å². The molecule has 6 nitrogen and oxygen atoms in total. The second kappa shape index (κ2) is 6.23. The van der Waals surface area contributed by atoms with E-state index in [1.54, 1.807) is 31.3 Å². The molecule has 2 heterocycles. The van der Waals surface area contributed by atoms with Crippen LogP contribution >= 0.6 is 0 Å². The van der Waals surface area contributed by atoms with Gasteiger partial charge in [-0.15, -0.1) is 0 Å². The summed E-state index contributed by atoms with van der Waals surface area (Å²) in [4.78, 5) is 41.9. The molecule has 2 aliphatic heterocycles. The summed E-state index contributed by atoms with van der Waals surface area (Å²) in [6.45, 7) is 1.89. The molecule has 0 radical (unpaired) electrons. The van der Waals surface area contributed by atoms with Crippen molar-refractivity contribution in [2.75, 3.05) is 11.9 Å². The average Bonchev–Trinajstić information content (AvgIpc) is 3.05. The summed E-state index contributed by atoms with van der Waals surface area (Å²) < 4.78 is 0. The first-order valence-electron chi connectivity index (χ1n) is 9.03. The first kappa shape index (κ1) is 17.3. The molecule has 3 amide bonds. The van der Waals surface area contributed by atoms with Gasteiger partial charge in [0.15, 0.2) is 0 Å². The standard InChI is InChI=1S/C21H21N3O3/c1-14(15-8-4-3-5-9-15)22-20(27)21-13-12-18(25)24(21)17-11-7-6-10-16(17)19(26)23(21)2/h3-11,14H,12-13H2,1-2H3,(H,22,27)/t14-,21+/m1/s1. The number of nitrogens with zero attached hydrogens (tertiary/aromatic N) is 2. The molecule has 2 atom stereocenters. The molecule has 1 fully saturated rings. The van der Waals surface area contributed by atoms with Crippen molar-refractivity contribution in [2.45, 2.75) is 31.5 Å². The molecule has 2 aliphatic rings. The molecule has 0 unspecified atom stereocenters. The summed E-state index contributed by atoms with van der Waals surface area (Å²) in [7, 11) is 1.59. The highest BCUT2D eigenvalue weighted by Gasteiger charge is 2.59. The summed E-state index contributed by atoms with van der Waals surface area (Å²) in [5.74, 6) is -0.738. The number of likely N-dealkylation sites (N-methyl/N-ethyl adjacent to an activating group) is 1. The number of hydrogen-bond donors (Lipinski definition) is 1. The van der Waals surface area contributed by atoms with Gasteiger partial charge in [-0.25, -0.2) is 0 Å². The first-order chi connectivity index (χ1) is 13.0. The molecule has 0 aliphatic carbocycles. The number of hydrogen-bond acceptors (Lipinski definition) is 3. The number of carbonyl (C=O) groups excluding carboxylic acids is 3. The summed E-state index contributed by atoms with van der Waals surface area (Å²) in [6.07, 6.45) is 0.495. The summed E-state index contributed by atoms with van der Waals surface area (Å²) in [5.41, 5.74) is 0.578. The van der Waals surface area contributed by atoms with Gasteiger partial charge in [-0.1, -0.05) is 42.5 Å². The Bertz CT molecular complexity index is 927. The van der Waals surface area contributed by atoms with Crippen molar-refractivity contribution in [1.82, 2.24) is 10.2 Å². The van der Waals surface area contributed by atoms with E-state index < -0.39 is 5.66 Å². The van der Waals surface area contributed by atoms with Gasteiger partial charge >= 0.3 is 0 Å². The van der Waals surface area contributed by atoms with Gasteiger partial charge in [0, 0.05) is 19.9 Å². The fourth-order valence-corrected chi connectivity index (χ4v) is 4.07. The van der Waals surface area contributed by atoms with Gasteiger partial charge in [-0.2, -0.15) is 0 Å². The molecule has 2 aromatic carbocycles. The Hall–Kier alpha value is -3.15. The van der Waals surface area contributed by atoms with Crippen LogP contribution in [0.4, 0.5) is 5.69 Å². The van der Waals surface area contributed by atoms with E-state index in [-0.39, 0.29) is 36.6 Å². The fraction of sp³-hybridized carbons (Fsp3) is 0.286. The number of fused-ring (bicyclic) bond motifs is 3. The summed E-state index contributed by atoms with van der Waals surface area (Å²) >= 11 is 0. The lowest BCUT2D eigenvalue weighted by Crippen LogP contribution is -2.69. The number of rotatable bonds is 3. The van der Waals surface area contributed by atoms with Crippen LogP contribution < -0.4 is 10.2 Å². The quantitative estimate of drug-likeness (QED) is 0.911. The summed E-state index contributed by atoms with van der Waals surface area (Å²) in [5, 5.41) is 3.00. The number of amides is 3. The molecule has 0 bridgehead atoms. The minimum atomic E-state index is -1.33. The molecule has 6 heteroatoms. The zero-order valence-corrected chi connectivity index (χ0v) is 15.3. The molecule has 4 rings (SSSR count). The Labute approximate surface area is 157 Å². The van der Waals surface area contributed by atoms with E-state index in [2.05, 4.69) is 5.32 Å². The largest absolute Gasteiger partial charge is 0.346 e. The van der Waals surface area contributed by atoms with E-state index in [0.29, 0.717) is 11.3 Å². The van der Waals surface area contributed by atoms with E-state index >= 15 is 0 Å². The third kappa shape index (κ3) is 2.44. The second-order valence-corrected chi connectivity index (χ2v) is 7.03. The Morgan fingerprint density at radius 1 is 1.07 bits per heavy atom. The van der Waals surface area contributed by atoms with E-state index in [1.807, 2.05) is 37.3 Å². The molecule has 1 saturated heterocycles. The number of nitrogens with one attached hydrogen (secondary N) is 1. The predicted molar refractivity (Wildman–Crippen MR) is 101 cm³/mol. The zero-order valence-electron chi connectivity index (χ0n) is 15.3. The van der Waals surface area contributed by atoms with E-state index in [9.17, 15) is 14.4 Å². The molecule has 0 saturated carbocycles. The topological polar surface area (TPSA) is 69.7 Å². The molecule has 0 spiro atoms. The van der Waals surface area contributed by atoms with E-state index in [4.69, 9.17) is 0 Å². The summed E-state index contributed by atoms with van der Waals surface area (Å²) in [6, 6.07) is 16.3. The van der Waals surface area contributed by atoms with Crippen molar-refractivity contribution in [3.8, 4) is 0 Å². The molecule has 0 aromatic heterocycles. The van der Waals surface area contributed by atoms with E-state index in [0.717, 1.165) is 5.56 Å². The smallest absolute Gasteiger partial charge is 0.267 e. The Kier molecular flexibility index (Phi) is 3.98. The van der Waals surface area contributed by atoms with Crippen LogP contribution in [0.25, 0.3) is 0 Å². The van der Waals surface area contributed by atoms with Crippen LogP contribution in [0.5, 0.6) is 0 Å². The monoisotopic (exact) mass is 363 g/mol. The van der Waals surface area contributed by atoms with Gasteiger partial charge in [0.1, 0.15) is 0 Å². The van der Waals surface area contributed by atoms with Crippen molar-refractivity contribution in [1.29, 1.82) is 0 Å². The van der Waals surface area contributed by atoms with Crippen LogP contribution in [-0.2, 0) is 9.59 Å². The molecule has 2 aromatic rings. The molecule has 27 heavy (non-hydrogen) atoms. The van der Waals surface area contributed by atoms with Gasteiger partial charge in [-0.05, 0) is 24.6 Å². The Morgan fingerprint density at radius 2 is 1.74 bits per heavy atom. The molecular weight excluding hydrogens is 342 g/mol. The van der Waals surface area contributed by atoms with Gasteiger partial charge in [0.25, 0.3) is 11.8 Å². The third-order valence-corrected chi connectivity index (χ3v) is 5.55. The highest BCUT2D eigenvalue weighted by Crippen LogP contribution is 2.44. The van der Waals surface area contributed by atoms with Crippen LogP contribution in [0.3, 0.4) is 0 Å². The fourth-order valence-electron chi connectivity index (χ4n) is 4.07. The van der Waals surface area contributed by atoms with E-state index in [1.165, 1.54) is 9.80 Å². The van der Waals surface area contributed by atoms with Gasteiger partial charge < -0.3 is 10.2 Å². The maximum Gasteiger partial charge on any atom is 0.267 e. The lowest BCUT2D eigenvalue weighted by Gasteiger charge is -2.47. The highest BCUT2D eigenvalue weighted by atomic mass is 16.2. The number of carbonyl (C=O) groups is 3. The number of para-hydroxylation sites is 1. The molecule has 138 valence electrons. The second-order valence-electron chi connectivity index (χ2n) is 7.03. The van der Waals surface area contributed by atoms with Crippen molar-refractivity contribution < 1.29 is 14.4 Å². The molecular formula is C21H21N3O3. The van der Waals surface area contributed by atoms with Crippen LogP contribution in [0.2, 0.25) is 0 Å². The van der Waals surface area contributed by atoms with Crippen molar-refractivity contribution >= 4 is 23.4 Å². The third-order valence-electron chi connectivity index (χ3n) is 5.55. The van der Waals surface area contributed by atoms with Crippen molar-refractivity contribution in [3.05, 3.63) is 65.7 Å². The highest BCUT2D eigenvalue weighted by molar-refractivity contribution is 6.16. The SMILES string of the molecule is C[C@@H](NC(=O)[C@]12CCC(=O)N1c1ccccc1C(=O)N2C)c1ccccc1. The van der Waals surface area contributed by atoms with Gasteiger partial charge in [0.05, 0.1) is 17.3 Å². The first-order valence-corrected chi connectivity index (χ1v) is 9.03. The number of benzene rings is 2. The van der Waals surface area contributed by atoms with Crippen molar-refractivity contribution in [3.63, 3.8) is 0 Å². The minimum absolute atomic E-state index is 0.149. The number of anilines is 1. The predicted octanol–water partition coefficient (Wildman–Crippen LogP) is 2.47.